The van der Waals surface area contributed by atoms with Crippen LogP contribution in [0.1, 0.15) is 27.5 Å². The van der Waals surface area contributed by atoms with Gasteiger partial charge in [0.1, 0.15) is 18.2 Å². The maximum atomic E-state index is 13.5. The van der Waals surface area contributed by atoms with Gasteiger partial charge in [-0.05, 0) is 66.1 Å². The summed E-state index contributed by atoms with van der Waals surface area (Å²) < 4.78 is 30.2. The van der Waals surface area contributed by atoms with Crippen LogP contribution >= 0.6 is 11.6 Å². The standard InChI is InChI=1S/C25H23ClFNO4/c1-30-23-13-16-11-12-28(25(29)19-5-3-4-6-21(19)26)22(20(16)14-24(23)31-2)15-32-18-9-7-17(27)8-10-18/h3-10,13-14,22H,11-12,15H2,1-2H3/t22-/m1/s1. The van der Waals surface area contributed by atoms with E-state index in [1.54, 1.807) is 55.5 Å². The van der Waals surface area contributed by atoms with Gasteiger partial charge in [0.15, 0.2) is 11.5 Å². The fraction of sp³-hybridized carbons (Fsp3) is 0.240. The summed E-state index contributed by atoms with van der Waals surface area (Å²) in [6.07, 6.45) is 0.652. The number of carbonyl (C=O) groups is 1. The summed E-state index contributed by atoms with van der Waals surface area (Å²) >= 11 is 6.31. The third kappa shape index (κ3) is 4.36. The van der Waals surface area contributed by atoms with E-state index in [1.807, 2.05) is 12.1 Å². The Balaban J connectivity index is 1.71. The third-order valence-corrected chi connectivity index (χ3v) is 5.92. The fourth-order valence-electron chi connectivity index (χ4n) is 3.95. The highest BCUT2D eigenvalue weighted by Gasteiger charge is 2.34. The van der Waals surface area contributed by atoms with E-state index < -0.39 is 6.04 Å². The molecular weight excluding hydrogens is 433 g/mol. The number of carbonyl (C=O) groups excluding carboxylic acids is 1. The van der Waals surface area contributed by atoms with Crippen molar-refractivity contribution in [2.24, 2.45) is 0 Å². The van der Waals surface area contributed by atoms with Crippen molar-refractivity contribution in [2.75, 3.05) is 27.4 Å². The van der Waals surface area contributed by atoms with E-state index in [0.717, 1.165) is 11.1 Å². The highest BCUT2D eigenvalue weighted by molar-refractivity contribution is 6.33. The van der Waals surface area contributed by atoms with Crippen LogP contribution in [0.15, 0.2) is 60.7 Å². The number of nitrogens with zero attached hydrogens (tertiary/aromatic N) is 1. The first kappa shape index (κ1) is 22.0. The van der Waals surface area contributed by atoms with E-state index in [0.29, 0.717) is 40.8 Å². The fourth-order valence-corrected chi connectivity index (χ4v) is 4.16. The Morgan fingerprint density at radius 1 is 1.06 bits per heavy atom. The van der Waals surface area contributed by atoms with E-state index in [9.17, 15) is 9.18 Å². The summed E-state index contributed by atoms with van der Waals surface area (Å²) in [6, 6.07) is 16.2. The molecule has 3 aromatic carbocycles. The molecule has 1 amide bonds. The van der Waals surface area contributed by atoms with Gasteiger partial charge in [0.05, 0.1) is 30.8 Å². The third-order valence-electron chi connectivity index (χ3n) is 5.59. The van der Waals surface area contributed by atoms with Crippen molar-refractivity contribution in [3.63, 3.8) is 0 Å². The van der Waals surface area contributed by atoms with Gasteiger partial charge in [-0.2, -0.15) is 0 Å². The molecule has 0 saturated carbocycles. The van der Waals surface area contributed by atoms with Gasteiger partial charge >= 0.3 is 0 Å². The first-order valence-electron chi connectivity index (χ1n) is 10.2. The first-order chi connectivity index (χ1) is 15.5. The maximum Gasteiger partial charge on any atom is 0.256 e. The molecular formula is C25H23ClFNO4. The van der Waals surface area contributed by atoms with Crippen LogP contribution in [-0.2, 0) is 6.42 Å². The Bertz CT molecular complexity index is 1120. The molecule has 3 aromatic rings. The van der Waals surface area contributed by atoms with Crippen LogP contribution in [-0.4, -0.2) is 38.2 Å². The number of amides is 1. The van der Waals surface area contributed by atoms with E-state index in [2.05, 4.69) is 0 Å². The first-order valence-corrected chi connectivity index (χ1v) is 10.6. The lowest BCUT2D eigenvalue weighted by Gasteiger charge is -2.37. The summed E-state index contributed by atoms with van der Waals surface area (Å²) in [4.78, 5) is 15.2. The molecule has 0 bridgehead atoms. The second kappa shape index (κ2) is 9.49. The molecule has 0 aromatic heterocycles. The minimum absolute atomic E-state index is 0.177. The Labute approximate surface area is 191 Å². The molecule has 5 nitrogen and oxygen atoms in total. The zero-order chi connectivity index (χ0) is 22.7. The number of fused-ring (bicyclic) bond motifs is 1. The molecule has 1 aliphatic heterocycles. The monoisotopic (exact) mass is 455 g/mol. The van der Waals surface area contributed by atoms with Crippen molar-refractivity contribution in [3.8, 4) is 17.2 Å². The molecule has 0 radical (unpaired) electrons. The van der Waals surface area contributed by atoms with E-state index in [4.69, 9.17) is 25.8 Å². The number of hydrogen-bond acceptors (Lipinski definition) is 4. The second-order valence-corrected chi connectivity index (χ2v) is 7.82. The largest absolute Gasteiger partial charge is 0.493 e. The second-order valence-electron chi connectivity index (χ2n) is 7.42. The molecule has 32 heavy (non-hydrogen) atoms. The lowest BCUT2D eigenvalue weighted by atomic mass is 9.91. The number of benzene rings is 3. The average Bonchev–Trinajstić information content (AvgIpc) is 2.82. The van der Waals surface area contributed by atoms with Crippen LogP contribution in [0.4, 0.5) is 4.39 Å². The van der Waals surface area contributed by atoms with Gasteiger partial charge in [-0.3, -0.25) is 4.79 Å². The quantitative estimate of drug-likeness (QED) is 0.505. The molecule has 1 aliphatic rings. The van der Waals surface area contributed by atoms with Crippen molar-refractivity contribution in [1.82, 2.24) is 4.90 Å². The van der Waals surface area contributed by atoms with Crippen molar-refractivity contribution in [3.05, 3.63) is 88.2 Å². The molecule has 0 spiro atoms. The average molecular weight is 456 g/mol. The number of hydrogen-bond donors (Lipinski definition) is 0. The maximum absolute atomic E-state index is 13.5. The lowest BCUT2D eigenvalue weighted by molar-refractivity contribution is 0.0589. The summed E-state index contributed by atoms with van der Waals surface area (Å²) in [5.74, 6) is 1.21. The van der Waals surface area contributed by atoms with Gasteiger partial charge in [0, 0.05) is 6.54 Å². The Morgan fingerprint density at radius 3 is 2.44 bits per heavy atom. The number of halogens is 2. The summed E-state index contributed by atoms with van der Waals surface area (Å²) in [7, 11) is 3.17. The number of rotatable bonds is 6. The zero-order valence-electron chi connectivity index (χ0n) is 17.8. The van der Waals surface area contributed by atoms with Crippen LogP contribution < -0.4 is 14.2 Å². The lowest BCUT2D eigenvalue weighted by Crippen LogP contribution is -2.42. The molecule has 7 heteroatoms. The summed E-state index contributed by atoms with van der Waals surface area (Å²) in [5, 5.41) is 0.397. The van der Waals surface area contributed by atoms with Gasteiger partial charge in [0.2, 0.25) is 0 Å². The topological polar surface area (TPSA) is 48.0 Å². The SMILES string of the molecule is COc1cc2c(cc1OC)[C@@H](COc1ccc(F)cc1)N(C(=O)c1ccccc1Cl)CC2. The molecule has 0 fully saturated rings. The molecule has 4 rings (SSSR count). The van der Waals surface area contributed by atoms with Gasteiger partial charge in [0.25, 0.3) is 5.91 Å². The predicted molar refractivity (Wildman–Crippen MR) is 120 cm³/mol. The van der Waals surface area contributed by atoms with E-state index >= 15 is 0 Å². The highest BCUT2D eigenvalue weighted by atomic mass is 35.5. The van der Waals surface area contributed by atoms with Gasteiger partial charge in [-0.15, -0.1) is 0 Å². The molecule has 0 aliphatic carbocycles. The molecule has 166 valence electrons. The van der Waals surface area contributed by atoms with Crippen molar-refractivity contribution < 1.29 is 23.4 Å². The van der Waals surface area contributed by atoms with Crippen molar-refractivity contribution in [2.45, 2.75) is 12.5 Å². The van der Waals surface area contributed by atoms with Crippen LogP contribution in [0.25, 0.3) is 0 Å². The molecule has 1 atom stereocenters. The van der Waals surface area contributed by atoms with Crippen LogP contribution in [0.5, 0.6) is 17.2 Å². The number of methoxy groups -OCH3 is 2. The van der Waals surface area contributed by atoms with E-state index in [1.165, 1.54) is 12.1 Å². The van der Waals surface area contributed by atoms with Gasteiger partial charge < -0.3 is 19.1 Å². The molecule has 1 heterocycles. The molecule has 0 saturated heterocycles. The van der Waals surface area contributed by atoms with E-state index in [-0.39, 0.29) is 18.3 Å². The zero-order valence-corrected chi connectivity index (χ0v) is 18.6. The molecule has 0 unspecified atom stereocenters. The van der Waals surface area contributed by atoms with Crippen molar-refractivity contribution in [1.29, 1.82) is 0 Å². The summed E-state index contributed by atoms with van der Waals surface area (Å²) in [6.45, 7) is 0.675. The van der Waals surface area contributed by atoms with Crippen LogP contribution in [0.2, 0.25) is 5.02 Å². The van der Waals surface area contributed by atoms with Gasteiger partial charge in [-0.1, -0.05) is 23.7 Å². The van der Waals surface area contributed by atoms with Gasteiger partial charge in [-0.25, -0.2) is 4.39 Å². The minimum Gasteiger partial charge on any atom is -0.493 e. The van der Waals surface area contributed by atoms with Crippen LogP contribution in [0.3, 0.4) is 0 Å². The minimum atomic E-state index is -0.396. The predicted octanol–water partition coefficient (Wildman–Crippen LogP) is 5.31. The van der Waals surface area contributed by atoms with Crippen LogP contribution in [0, 0.1) is 5.82 Å². The van der Waals surface area contributed by atoms with Crippen molar-refractivity contribution >= 4 is 17.5 Å². The normalized spacial score (nSPS) is 15.1. The molecule has 0 N–H and O–H groups in total. The summed E-state index contributed by atoms with van der Waals surface area (Å²) in [5.41, 5.74) is 2.40. The smallest absolute Gasteiger partial charge is 0.256 e. The Hall–Kier alpha value is -3.25. The Kier molecular flexibility index (Phi) is 6.51. The highest BCUT2D eigenvalue weighted by Crippen LogP contribution is 2.39. The Morgan fingerprint density at radius 2 is 1.75 bits per heavy atom. The number of ether oxygens (including phenoxy) is 3.